The van der Waals surface area contributed by atoms with E-state index in [4.69, 9.17) is 13.2 Å². The summed E-state index contributed by atoms with van der Waals surface area (Å²) in [5.74, 6) is 0.516. The molecule has 3 heterocycles. The summed E-state index contributed by atoms with van der Waals surface area (Å²) in [5, 5.41) is 9.74. The molecule has 1 saturated heterocycles. The van der Waals surface area contributed by atoms with Crippen LogP contribution >= 0.6 is 0 Å². The molecule has 4 atom stereocenters. The van der Waals surface area contributed by atoms with E-state index in [0.29, 0.717) is 17.4 Å². The van der Waals surface area contributed by atoms with E-state index >= 15 is 0 Å². The molecule has 3 aromatic rings. The summed E-state index contributed by atoms with van der Waals surface area (Å²) in [6, 6.07) is 14.5. The Morgan fingerprint density at radius 2 is 1.88 bits per heavy atom. The largest absolute Gasteiger partial charge is 0.485 e. The lowest BCUT2D eigenvalue weighted by Gasteiger charge is -2.29. The van der Waals surface area contributed by atoms with Crippen LogP contribution in [0, 0.1) is 30.5 Å². The van der Waals surface area contributed by atoms with E-state index in [2.05, 4.69) is 53.2 Å². The van der Waals surface area contributed by atoms with Crippen LogP contribution in [0.4, 0.5) is 4.39 Å². The topological polar surface area (TPSA) is 96.8 Å². The SMILES string of the molecule is Cc1cc(-c2ccc(C3CCc4ccc([C@H](C5CC5)[C@H](C)C(=O)O)cc4O3)cc2CN2CC[C@@H](C)C2)c(F)cn1.O=S=O. The highest BCUT2D eigenvalue weighted by atomic mass is 32.1. The predicted octanol–water partition coefficient (Wildman–Crippen LogP) is 6.65. The van der Waals surface area contributed by atoms with Crippen LogP contribution in [-0.4, -0.2) is 42.5 Å². The fourth-order valence-corrected chi connectivity index (χ4v) is 6.77. The molecule has 3 aliphatic rings. The highest BCUT2D eigenvalue weighted by Crippen LogP contribution is 2.48. The number of rotatable bonds is 8. The van der Waals surface area contributed by atoms with Gasteiger partial charge in [-0.2, -0.15) is 8.42 Å². The molecule has 1 saturated carbocycles. The van der Waals surface area contributed by atoms with Crippen LogP contribution in [0.2, 0.25) is 0 Å². The summed E-state index contributed by atoms with van der Waals surface area (Å²) < 4.78 is 38.2. The standard InChI is InChI=1S/C34H39FN2O3.O2S/c1-20-12-13-37(18-20)19-27-15-25(8-10-28(27)29-14-21(2)36-17-30(29)35)31-11-9-23-4-7-26(16-32(23)40-31)33(24-5-6-24)22(3)34(38)39;1-3-2/h4,7-8,10,14-17,20,22,24,31,33H,5-6,9,11-13,18-19H2,1-3H3,(H,38,39);/t20-,22+,31?,33+;/m1./s1. The number of fused-ring (bicyclic) bond motifs is 1. The number of pyridine rings is 1. The van der Waals surface area contributed by atoms with Crippen molar-refractivity contribution in [2.24, 2.45) is 17.8 Å². The molecule has 2 aromatic carbocycles. The van der Waals surface area contributed by atoms with Crippen molar-refractivity contribution in [2.75, 3.05) is 13.1 Å². The first-order valence-corrected chi connectivity index (χ1v) is 15.8. The second-order valence-corrected chi connectivity index (χ2v) is 12.6. The number of halogens is 1. The average molecular weight is 607 g/mol. The van der Waals surface area contributed by atoms with Gasteiger partial charge in [0.1, 0.15) is 17.7 Å². The summed E-state index contributed by atoms with van der Waals surface area (Å²) in [6.07, 6.45) is 6.35. The molecule has 0 spiro atoms. The molecule has 1 aromatic heterocycles. The Morgan fingerprint density at radius 3 is 2.56 bits per heavy atom. The molecule has 9 heteroatoms. The molecule has 2 fully saturated rings. The number of benzene rings is 2. The van der Waals surface area contributed by atoms with E-state index in [0.717, 1.165) is 79.0 Å². The fourth-order valence-electron chi connectivity index (χ4n) is 6.77. The van der Waals surface area contributed by atoms with Crippen molar-refractivity contribution in [1.82, 2.24) is 9.88 Å². The van der Waals surface area contributed by atoms with Gasteiger partial charge in [0.15, 0.2) is 0 Å². The molecule has 7 nitrogen and oxygen atoms in total. The number of likely N-dealkylation sites (tertiary alicyclic amines) is 1. The van der Waals surface area contributed by atoms with Crippen LogP contribution in [0.25, 0.3) is 11.1 Å². The lowest BCUT2D eigenvalue weighted by molar-refractivity contribution is -0.142. The molecule has 43 heavy (non-hydrogen) atoms. The van der Waals surface area contributed by atoms with Gasteiger partial charge in [0, 0.05) is 24.3 Å². The lowest BCUT2D eigenvalue weighted by Crippen LogP contribution is -2.22. The van der Waals surface area contributed by atoms with E-state index in [9.17, 15) is 14.3 Å². The van der Waals surface area contributed by atoms with Gasteiger partial charge in [-0.3, -0.25) is 14.7 Å². The van der Waals surface area contributed by atoms with Crippen LogP contribution < -0.4 is 4.74 Å². The first-order valence-electron chi connectivity index (χ1n) is 15.1. The molecular weight excluding hydrogens is 567 g/mol. The summed E-state index contributed by atoms with van der Waals surface area (Å²) in [5.41, 5.74) is 6.77. The normalized spacial score (nSPS) is 21.1. The zero-order chi connectivity index (χ0) is 30.7. The molecule has 1 N–H and O–H groups in total. The number of carbonyl (C=O) groups is 1. The van der Waals surface area contributed by atoms with Crippen molar-refractivity contribution >= 4 is 17.5 Å². The maximum Gasteiger partial charge on any atom is 0.335 e. The van der Waals surface area contributed by atoms with Crippen molar-refractivity contribution in [3.8, 4) is 16.9 Å². The van der Waals surface area contributed by atoms with Gasteiger partial charge in [0.2, 0.25) is 0 Å². The molecule has 0 amide bonds. The van der Waals surface area contributed by atoms with E-state index in [1.165, 1.54) is 18.2 Å². The van der Waals surface area contributed by atoms with Crippen molar-refractivity contribution in [2.45, 2.75) is 71.4 Å². The zero-order valence-corrected chi connectivity index (χ0v) is 25.7. The minimum Gasteiger partial charge on any atom is -0.485 e. The maximum atomic E-state index is 15.0. The van der Waals surface area contributed by atoms with Gasteiger partial charge in [0.05, 0.1) is 12.1 Å². The molecular formula is C34H39FN2O5S. The van der Waals surface area contributed by atoms with E-state index in [1.807, 2.05) is 19.9 Å². The van der Waals surface area contributed by atoms with Gasteiger partial charge in [-0.25, -0.2) is 4.39 Å². The number of aliphatic carboxylic acids is 1. The second-order valence-electron chi connectivity index (χ2n) is 12.4. The van der Waals surface area contributed by atoms with Crippen LogP contribution in [0.15, 0.2) is 48.7 Å². The average Bonchev–Trinajstić information content (AvgIpc) is 3.74. The number of aromatic nitrogens is 1. The molecule has 0 bridgehead atoms. The van der Waals surface area contributed by atoms with Crippen molar-refractivity contribution in [1.29, 1.82) is 0 Å². The summed E-state index contributed by atoms with van der Waals surface area (Å²) in [6.45, 7) is 8.88. The monoisotopic (exact) mass is 606 g/mol. The number of nitrogens with zero attached hydrogens (tertiary/aromatic N) is 2. The van der Waals surface area contributed by atoms with Crippen LogP contribution in [0.1, 0.15) is 79.5 Å². The quantitative estimate of drug-likeness (QED) is 0.307. The number of hydrogen-bond acceptors (Lipinski definition) is 6. The smallest absolute Gasteiger partial charge is 0.335 e. The van der Waals surface area contributed by atoms with Crippen molar-refractivity contribution in [3.05, 3.63) is 82.4 Å². The molecule has 1 aliphatic carbocycles. The minimum absolute atomic E-state index is 0.0132. The van der Waals surface area contributed by atoms with Gasteiger partial charge >= 0.3 is 17.5 Å². The Hall–Kier alpha value is -3.43. The van der Waals surface area contributed by atoms with Crippen LogP contribution in [-0.2, 0) is 29.3 Å². The third kappa shape index (κ3) is 7.21. The summed E-state index contributed by atoms with van der Waals surface area (Å²) in [4.78, 5) is 18.5. The zero-order valence-electron chi connectivity index (χ0n) is 24.9. The Morgan fingerprint density at radius 1 is 1.12 bits per heavy atom. The lowest BCUT2D eigenvalue weighted by atomic mass is 9.82. The molecule has 2 aliphatic heterocycles. The predicted molar refractivity (Wildman–Crippen MR) is 163 cm³/mol. The van der Waals surface area contributed by atoms with E-state index < -0.39 is 23.5 Å². The third-order valence-corrected chi connectivity index (χ3v) is 9.16. The maximum absolute atomic E-state index is 15.0. The number of carboxylic acid groups (broad SMARTS) is 1. The Kier molecular flexibility index (Phi) is 9.72. The highest BCUT2D eigenvalue weighted by molar-refractivity contribution is 7.51. The van der Waals surface area contributed by atoms with Crippen LogP contribution in [0.3, 0.4) is 0 Å². The first-order chi connectivity index (χ1) is 20.7. The Balaban J connectivity index is 0.00000118. The van der Waals surface area contributed by atoms with Gasteiger partial charge in [-0.15, -0.1) is 0 Å². The second kappa shape index (κ2) is 13.5. The first kappa shape index (κ1) is 31.0. The minimum atomic E-state index is -0.750. The van der Waals surface area contributed by atoms with Crippen molar-refractivity contribution in [3.63, 3.8) is 0 Å². The summed E-state index contributed by atoms with van der Waals surface area (Å²) in [7, 11) is 0. The van der Waals surface area contributed by atoms with Crippen LogP contribution in [0.5, 0.6) is 5.75 Å². The van der Waals surface area contributed by atoms with E-state index in [-0.39, 0.29) is 17.8 Å². The molecule has 228 valence electrons. The van der Waals surface area contributed by atoms with Crippen molar-refractivity contribution < 1.29 is 27.4 Å². The number of aryl methyl sites for hydroxylation is 2. The number of ether oxygens (including phenoxy) is 1. The Bertz CT molecular complexity index is 1520. The third-order valence-electron chi connectivity index (χ3n) is 9.16. The number of carboxylic acids is 1. The van der Waals surface area contributed by atoms with Gasteiger partial charge in [0.25, 0.3) is 0 Å². The Labute approximate surface area is 256 Å². The van der Waals surface area contributed by atoms with Gasteiger partial charge < -0.3 is 9.84 Å². The van der Waals surface area contributed by atoms with Gasteiger partial charge in [-0.1, -0.05) is 44.2 Å². The molecule has 1 unspecified atom stereocenters. The van der Waals surface area contributed by atoms with E-state index in [1.54, 1.807) is 0 Å². The highest BCUT2D eigenvalue weighted by Gasteiger charge is 2.39. The fraction of sp³-hybridized carbons (Fsp3) is 0.471. The summed E-state index contributed by atoms with van der Waals surface area (Å²) >= 11 is -0.750. The molecule has 6 rings (SSSR count). The molecule has 0 radical (unpaired) electrons. The van der Waals surface area contributed by atoms with Gasteiger partial charge in [-0.05, 0) is 103 Å². The number of hydrogen-bond donors (Lipinski definition) is 1.